The van der Waals surface area contributed by atoms with E-state index < -0.39 is 0 Å². The number of aromatic nitrogens is 3. The van der Waals surface area contributed by atoms with Crippen LogP contribution in [0.4, 0.5) is 0 Å². The molecular weight excluding hydrogens is 256 g/mol. The van der Waals surface area contributed by atoms with Crippen LogP contribution in [0.1, 0.15) is 11.3 Å². The van der Waals surface area contributed by atoms with Crippen LogP contribution in [0.5, 0.6) is 0 Å². The van der Waals surface area contributed by atoms with Crippen molar-refractivity contribution in [1.82, 2.24) is 20.3 Å². The van der Waals surface area contributed by atoms with Crippen LogP contribution in [0.25, 0.3) is 11.4 Å². The normalized spacial score (nSPS) is 10.7. The molecule has 0 atom stereocenters. The summed E-state index contributed by atoms with van der Waals surface area (Å²) < 4.78 is 4.95. The number of aryl methyl sites for hydroxylation is 1. The molecule has 6 nitrogen and oxygen atoms in total. The first-order chi connectivity index (χ1) is 9.70. The lowest BCUT2D eigenvalue weighted by Gasteiger charge is -2.07. The summed E-state index contributed by atoms with van der Waals surface area (Å²) in [7, 11) is 1.65. The quantitative estimate of drug-likeness (QED) is 0.764. The van der Waals surface area contributed by atoms with Gasteiger partial charge in [0, 0.05) is 44.2 Å². The first-order valence-electron chi connectivity index (χ1n) is 6.41. The van der Waals surface area contributed by atoms with Gasteiger partial charge in [-0.25, -0.2) is 4.98 Å². The number of methoxy groups -OCH3 is 1. The van der Waals surface area contributed by atoms with Crippen molar-refractivity contribution in [2.75, 3.05) is 20.3 Å². The van der Waals surface area contributed by atoms with Crippen molar-refractivity contribution >= 4 is 0 Å². The van der Waals surface area contributed by atoms with Crippen molar-refractivity contribution in [1.29, 1.82) is 0 Å². The fourth-order valence-electron chi connectivity index (χ4n) is 1.86. The average Bonchev–Trinajstić information content (AvgIpc) is 2.43. The summed E-state index contributed by atoms with van der Waals surface area (Å²) in [5.41, 5.74) is 2.40. The smallest absolute Gasteiger partial charge is 0.251 e. The lowest BCUT2D eigenvalue weighted by atomic mass is 10.1. The second-order valence-electron chi connectivity index (χ2n) is 4.45. The van der Waals surface area contributed by atoms with Gasteiger partial charge in [0.1, 0.15) is 5.82 Å². The summed E-state index contributed by atoms with van der Waals surface area (Å²) in [6, 6.07) is 3.34. The molecule has 2 rings (SSSR count). The van der Waals surface area contributed by atoms with Crippen LogP contribution in [0.3, 0.4) is 0 Å². The Hall–Kier alpha value is -2.05. The molecule has 6 heteroatoms. The number of pyridine rings is 1. The van der Waals surface area contributed by atoms with Gasteiger partial charge in [0.2, 0.25) is 0 Å². The van der Waals surface area contributed by atoms with Gasteiger partial charge < -0.3 is 15.0 Å². The molecule has 0 spiro atoms. The van der Waals surface area contributed by atoms with Crippen molar-refractivity contribution in [3.05, 3.63) is 46.1 Å². The van der Waals surface area contributed by atoms with Gasteiger partial charge in [0.15, 0.2) is 0 Å². The summed E-state index contributed by atoms with van der Waals surface area (Å²) in [4.78, 5) is 23.0. The number of hydrogen-bond acceptors (Lipinski definition) is 5. The fourth-order valence-corrected chi connectivity index (χ4v) is 1.86. The van der Waals surface area contributed by atoms with E-state index in [1.165, 1.54) is 6.07 Å². The van der Waals surface area contributed by atoms with Gasteiger partial charge in [0.25, 0.3) is 5.56 Å². The Morgan fingerprint density at radius 3 is 3.05 bits per heavy atom. The predicted molar refractivity (Wildman–Crippen MR) is 76.4 cm³/mol. The number of hydrogen-bond donors (Lipinski definition) is 2. The summed E-state index contributed by atoms with van der Waals surface area (Å²) >= 11 is 0. The van der Waals surface area contributed by atoms with Crippen LogP contribution in [0.2, 0.25) is 0 Å². The third-order valence-electron chi connectivity index (χ3n) is 2.86. The first-order valence-corrected chi connectivity index (χ1v) is 6.41. The van der Waals surface area contributed by atoms with Crippen molar-refractivity contribution in [2.24, 2.45) is 0 Å². The highest BCUT2D eigenvalue weighted by atomic mass is 16.5. The standard InChI is InChI=1S/C14H18N4O2/c1-10-8-15-4-3-12(10)14-17-11(7-13(19)18-14)9-16-5-6-20-2/h3-4,7-8,16H,5-6,9H2,1-2H3,(H,17,18,19). The summed E-state index contributed by atoms with van der Waals surface area (Å²) in [6.07, 6.45) is 3.44. The topological polar surface area (TPSA) is 79.9 Å². The van der Waals surface area contributed by atoms with Crippen molar-refractivity contribution in [3.63, 3.8) is 0 Å². The van der Waals surface area contributed by atoms with E-state index in [-0.39, 0.29) is 5.56 Å². The van der Waals surface area contributed by atoms with Gasteiger partial charge in [-0.15, -0.1) is 0 Å². The Kier molecular flexibility index (Phi) is 4.97. The molecule has 0 aliphatic heterocycles. The lowest BCUT2D eigenvalue weighted by Crippen LogP contribution is -2.21. The van der Waals surface area contributed by atoms with E-state index >= 15 is 0 Å². The van der Waals surface area contributed by atoms with E-state index in [2.05, 4.69) is 20.3 Å². The van der Waals surface area contributed by atoms with Gasteiger partial charge in [-0.3, -0.25) is 9.78 Å². The minimum absolute atomic E-state index is 0.158. The van der Waals surface area contributed by atoms with Crippen LogP contribution in [-0.4, -0.2) is 35.2 Å². The molecule has 0 aliphatic rings. The lowest BCUT2D eigenvalue weighted by molar-refractivity contribution is 0.199. The van der Waals surface area contributed by atoms with Crippen LogP contribution < -0.4 is 10.9 Å². The maximum absolute atomic E-state index is 11.7. The SMILES string of the molecule is COCCNCc1cc(=O)[nH]c(-c2ccncc2C)n1. The van der Waals surface area contributed by atoms with E-state index in [1.807, 2.05) is 13.0 Å². The number of rotatable bonds is 6. The van der Waals surface area contributed by atoms with Crippen LogP contribution in [0, 0.1) is 6.92 Å². The number of nitrogens with one attached hydrogen (secondary N) is 2. The van der Waals surface area contributed by atoms with Gasteiger partial charge in [0.05, 0.1) is 12.3 Å². The Morgan fingerprint density at radius 2 is 2.30 bits per heavy atom. The summed E-state index contributed by atoms with van der Waals surface area (Å²) in [5, 5.41) is 3.17. The molecule has 0 fully saturated rings. The van der Waals surface area contributed by atoms with Gasteiger partial charge >= 0.3 is 0 Å². The molecule has 0 aliphatic carbocycles. The maximum atomic E-state index is 11.7. The van der Waals surface area contributed by atoms with Crippen molar-refractivity contribution in [3.8, 4) is 11.4 Å². The van der Waals surface area contributed by atoms with E-state index in [0.717, 1.165) is 11.1 Å². The molecular formula is C14H18N4O2. The third kappa shape index (κ3) is 3.72. The molecule has 0 radical (unpaired) electrons. The van der Waals surface area contributed by atoms with E-state index in [9.17, 15) is 4.79 Å². The molecule has 0 bridgehead atoms. The highest BCUT2D eigenvalue weighted by molar-refractivity contribution is 5.58. The number of H-pyrrole nitrogens is 1. The minimum Gasteiger partial charge on any atom is -0.383 e. The minimum atomic E-state index is -0.158. The Labute approximate surface area is 117 Å². The summed E-state index contributed by atoms with van der Waals surface area (Å²) in [6.45, 7) is 3.81. The number of ether oxygens (including phenoxy) is 1. The largest absolute Gasteiger partial charge is 0.383 e. The molecule has 2 heterocycles. The second kappa shape index (κ2) is 6.93. The fraction of sp³-hybridized carbons (Fsp3) is 0.357. The second-order valence-corrected chi connectivity index (χ2v) is 4.45. The molecule has 0 amide bonds. The van der Waals surface area contributed by atoms with E-state index in [4.69, 9.17) is 4.74 Å². The monoisotopic (exact) mass is 274 g/mol. The highest BCUT2D eigenvalue weighted by Crippen LogP contribution is 2.16. The zero-order chi connectivity index (χ0) is 14.4. The Bertz CT molecular complexity index is 625. The molecule has 106 valence electrons. The van der Waals surface area contributed by atoms with Gasteiger partial charge in [-0.2, -0.15) is 0 Å². The number of nitrogens with zero attached hydrogens (tertiary/aromatic N) is 2. The van der Waals surface area contributed by atoms with E-state index in [1.54, 1.807) is 19.5 Å². The molecule has 0 saturated heterocycles. The molecule has 2 aromatic heterocycles. The predicted octanol–water partition coefficient (Wildman–Crippen LogP) is 0.876. The summed E-state index contributed by atoms with van der Waals surface area (Å²) in [5.74, 6) is 0.570. The average molecular weight is 274 g/mol. The zero-order valence-electron chi connectivity index (χ0n) is 11.6. The Balaban J connectivity index is 2.21. The van der Waals surface area contributed by atoms with Gasteiger partial charge in [-0.05, 0) is 18.6 Å². The van der Waals surface area contributed by atoms with Crippen LogP contribution in [-0.2, 0) is 11.3 Å². The molecule has 0 unspecified atom stereocenters. The molecule has 2 N–H and O–H groups in total. The highest BCUT2D eigenvalue weighted by Gasteiger charge is 2.06. The molecule has 0 saturated carbocycles. The first kappa shape index (κ1) is 14.4. The Morgan fingerprint density at radius 1 is 1.45 bits per heavy atom. The molecule has 0 aromatic carbocycles. The van der Waals surface area contributed by atoms with Crippen LogP contribution in [0.15, 0.2) is 29.3 Å². The zero-order valence-corrected chi connectivity index (χ0v) is 11.6. The number of aromatic amines is 1. The maximum Gasteiger partial charge on any atom is 0.251 e. The van der Waals surface area contributed by atoms with E-state index in [0.29, 0.717) is 31.2 Å². The molecule has 2 aromatic rings. The molecule has 20 heavy (non-hydrogen) atoms. The van der Waals surface area contributed by atoms with Crippen LogP contribution >= 0.6 is 0 Å². The van der Waals surface area contributed by atoms with Crippen molar-refractivity contribution < 1.29 is 4.74 Å². The third-order valence-corrected chi connectivity index (χ3v) is 2.86. The van der Waals surface area contributed by atoms with Gasteiger partial charge in [-0.1, -0.05) is 0 Å². The van der Waals surface area contributed by atoms with Crippen molar-refractivity contribution in [2.45, 2.75) is 13.5 Å².